The minimum absolute atomic E-state index is 0.0576. The molecule has 0 aromatic carbocycles. The normalized spacial score (nSPS) is 14.3. The van der Waals surface area contributed by atoms with Crippen LogP contribution in [0, 0.1) is 0 Å². The Morgan fingerprint density at radius 3 is 1.09 bits per heavy atom. The Kier molecular flexibility index (Phi) is 60.0. The number of aliphatic hydroxyl groups excluding tert-OH is 1. The molecule has 9 heteroatoms. The van der Waals surface area contributed by atoms with Crippen LogP contribution >= 0.6 is 7.82 Å². The summed E-state index contributed by atoms with van der Waals surface area (Å²) in [5.41, 5.74) is 0. The Hall–Kier alpha value is -2.58. The van der Waals surface area contributed by atoms with Crippen molar-refractivity contribution in [1.82, 2.24) is 5.32 Å². The summed E-state index contributed by atoms with van der Waals surface area (Å²) < 4.78 is 23.8. The number of unbranched alkanes of at least 4 members (excludes halogenated alkanes) is 35. The number of phosphoric ester groups is 1. The molecule has 470 valence electrons. The number of hydrogen-bond donors (Lipinski definition) is 3. The van der Waals surface area contributed by atoms with Crippen LogP contribution in [0.1, 0.15) is 303 Å². The van der Waals surface area contributed by atoms with Crippen molar-refractivity contribution in [3.05, 3.63) is 97.2 Å². The zero-order valence-electron chi connectivity index (χ0n) is 53.8. The summed E-state index contributed by atoms with van der Waals surface area (Å²) in [5.74, 6) is -0.180. The molecular formula is C72H132N2O6P+. The van der Waals surface area contributed by atoms with Crippen LogP contribution in [0.4, 0.5) is 0 Å². The Labute approximate surface area is 502 Å². The highest BCUT2D eigenvalue weighted by atomic mass is 31.2. The van der Waals surface area contributed by atoms with E-state index in [9.17, 15) is 19.4 Å². The van der Waals surface area contributed by atoms with E-state index in [0.717, 1.165) is 83.5 Å². The van der Waals surface area contributed by atoms with Gasteiger partial charge in [-0.3, -0.25) is 13.8 Å². The average molecular weight is 1150 g/mol. The molecule has 1 amide bonds. The number of likely N-dealkylation sites (N-methyl/N-ethyl adjacent to an activating group) is 1. The first-order valence-corrected chi connectivity index (χ1v) is 35.6. The van der Waals surface area contributed by atoms with E-state index >= 15 is 0 Å². The lowest BCUT2D eigenvalue weighted by Crippen LogP contribution is -2.45. The van der Waals surface area contributed by atoms with E-state index in [-0.39, 0.29) is 19.1 Å². The third kappa shape index (κ3) is 64.8. The maximum atomic E-state index is 13.0. The third-order valence-electron chi connectivity index (χ3n) is 15.1. The van der Waals surface area contributed by atoms with Gasteiger partial charge < -0.3 is 19.8 Å². The average Bonchev–Trinajstić information content (AvgIpc) is 3.43. The summed E-state index contributed by atoms with van der Waals surface area (Å²) in [5, 5.41) is 14.0. The number of amides is 1. The van der Waals surface area contributed by atoms with Crippen LogP contribution in [0.25, 0.3) is 0 Å². The molecule has 0 saturated heterocycles. The molecule has 0 bridgehead atoms. The quantitative estimate of drug-likeness (QED) is 0.0243. The van der Waals surface area contributed by atoms with Crippen LogP contribution in [0.15, 0.2) is 97.2 Å². The largest absolute Gasteiger partial charge is 0.472 e. The Bertz CT molecular complexity index is 1640. The lowest BCUT2D eigenvalue weighted by atomic mass is 10.0. The summed E-state index contributed by atoms with van der Waals surface area (Å²) in [6.45, 7) is 4.73. The maximum absolute atomic E-state index is 13.0. The van der Waals surface area contributed by atoms with Crippen LogP contribution in [-0.4, -0.2) is 73.4 Å². The standard InChI is InChI=1S/C72H131N2O6P/c1-6-8-10-12-14-16-18-20-22-24-26-28-30-32-34-35-36-37-38-39-40-42-44-46-48-50-52-54-56-58-60-62-64-66-72(76)73-70(69-80-81(77,78)79-68-67-74(3,4)5)71(75)65-63-61-59-57-55-53-51-49-47-45-43-41-33-31-29-27-25-23-21-19-17-15-13-11-9-7-2/h8,10,14,16,20,22,26,28,32,34,36-37,39-40,63,65,70-71,75H,6-7,9,11-13,15,17-19,21,23-25,27,29-31,33,35,38,41-62,64,66-69H2,1-5H3,(H-,73,76,77,78)/p+1/b10-8-,16-14-,22-20-,28-26-,34-32-,37-36-,40-39-,65-63+. The fraction of sp³-hybridized carbons (Fsp3) is 0.764. The second-order valence-electron chi connectivity index (χ2n) is 24.2. The Morgan fingerprint density at radius 2 is 0.741 bits per heavy atom. The SMILES string of the molecule is CC/C=C\C/C=C\C/C=C\C/C=C\C/C=C\C/C=C\C/C=C\CCCCCCCCCCCCCC(=O)NC(COP(=O)(O)OCC[N+](C)(C)C)C(O)/C=C/CCCCCCCCCCCCCCCCCCCCCCCCCC. The Balaban J connectivity index is 4.13. The minimum Gasteiger partial charge on any atom is -0.387 e. The summed E-state index contributed by atoms with van der Waals surface area (Å²) in [7, 11) is 1.57. The molecule has 3 atom stereocenters. The van der Waals surface area contributed by atoms with Gasteiger partial charge in [0.2, 0.25) is 5.91 Å². The Morgan fingerprint density at radius 1 is 0.432 bits per heavy atom. The van der Waals surface area contributed by atoms with Crippen molar-refractivity contribution in [2.75, 3.05) is 40.9 Å². The zero-order chi connectivity index (χ0) is 59.1. The molecule has 0 aliphatic rings. The minimum atomic E-state index is -4.36. The van der Waals surface area contributed by atoms with E-state index in [1.165, 1.54) is 199 Å². The molecule has 3 unspecified atom stereocenters. The lowest BCUT2D eigenvalue weighted by molar-refractivity contribution is -0.870. The van der Waals surface area contributed by atoms with Crippen molar-refractivity contribution < 1.29 is 32.9 Å². The second kappa shape index (κ2) is 62.0. The van der Waals surface area contributed by atoms with Gasteiger partial charge in [-0.2, -0.15) is 0 Å². The maximum Gasteiger partial charge on any atom is 0.472 e. The highest BCUT2D eigenvalue weighted by molar-refractivity contribution is 7.47. The molecule has 0 aromatic heterocycles. The van der Waals surface area contributed by atoms with Crippen molar-refractivity contribution in [3.63, 3.8) is 0 Å². The van der Waals surface area contributed by atoms with E-state index in [2.05, 4.69) is 104 Å². The van der Waals surface area contributed by atoms with Crippen molar-refractivity contribution in [2.24, 2.45) is 0 Å². The molecule has 0 spiro atoms. The molecular weight excluding hydrogens is 1020 g/mol. The van der Waals surface area contributed by atoms with Crippen LogP contribution in [0.3, 0.4) is 0 Å². The van der Waals surface area contributed by atoms with Crippen molar-refractivity contribution in [2.45, 2.75) is 315 Å². The van der Waals surface area contributed by atoms with Crippen LogP contribution in [-0.2, 0) is 18.4 Å². The number of nitrogens with zero attached hydrogens (tertiary/aromatic N) is 1. The molecule has 0 aliphatic carbocycles. The lowest BCUT2D eigenvalue weighted by Gasteiger charge is -2.25. The summed E-state index contributed by atoms with van der Waals surface area (Å²) >= 11 is 0. The summed E-state index contributed by atoms with van der Waals surface area (Å²) in [6.07, 6.45) is 89.6. The van der Waals surface area contributed by atoms with Gasteiger partial charge in [0.25, 0.3) is 0 Å². The number of aliphatic hydroxyl groups is 1. The zero-order valence-corrected chi connectivity index (χ0v) is 54.6. The van der Waals surface area contributed by atoms with E-state index in [0.29, 0.717) is 17.4 Å². The number of phosphoric acid groups is 1. The van der Waals surface area contributed by atoms with E-state index in [1.54, 1.807) is 6.08 Å². The van der Waals surface area contributed by atoms with Gasteiger partial charge in [-0.15, -0.1) is 0 Å². The predicted molar refractivity (Wildman–Crippen MR) is 355 cm³/mol. The first kappa shape index (κ1) is 78.4. The van der Waals surface area contributed by atoms with Gasteiger partial charge in [0.05, 0.1) is 39.9 Å². The van der Waals surface area contributed by atoms with Gasteiger partial charge in [-0.1, -0.05) is 317 Å². The molecule has 0 saturated carbocycles. The number of carbonyl (C=O) groups is 1. The number of carbonyl (C=O) groups excluding carboxylic acids is 1. The van der Waals surface area contributed by atoms with Gasteiger partial charge in [0.1, 0.15) is 13.2 Å². The number of hydrogen-bond acceptors (Lipinski definition) is 5. The molecule has 0 aromatic rings. The first-order chi connectivity index (χ1) is 39.5. The van der Waals surface area contributed by atoms with E-state index in [1.807, 2.05) is 27.2 Å². The molecule has 0 heterocycles. The van der Waals surface area contributed by atoms with Crippen LogP contribution < -0.4 is 5.32 Å². The molecule has 0 rings (SSSR count). The summed E-state index contributed by atoms with van der Waals surface area (Å²) in [6, 6.07) is -0.856. The van der Waals surface area contributed by atoms with Crippen molar-refractivity contribution in [1.29, 1.82) is 0 Å². The number of nitrogens with one attached hydrogen (secondary N) is 1. The fourth-order valence-electron chi connectivity index (χ4n) is 9.79. The van der Waals surface area contributed by atoms with Gasteiger partial charge in [-0.05, 0) is 77.0 Å². The van der Waals surface area contributed by atoms with Gasteiger partial charge in [0.15, 0.2) is 0 Å². The molecule has 0 aliphatic heterocycles. The van der Waals surface area contributed by atoms with Gasteiger partial charge in [-0.25, -0.2) is 4.57 Å². The monoisotopic (exact) mass is 1150 g/mol. The predicted octanol–water partition coefficient (Wildman–Crippen LogP) is 21.7. The third-order valence-corrected chi connectivity index (χ3v) is 16.0. The highest BCUT2D eigenvalue weighted by Gasteiger charge is 2.28. The second-order valence-corrected chi connectivity index (χ2v) is 25.6. The van der Waals surface area contributed by atoms with E-state index < -0.39 is 20.0 Å². The van der Waals surface area contributed by atoms with Gasteiger partial charge in [0, 0.05) is 6.42 Å². The molecule has 0 radical (unpaired) electrons. The molecule has 81 heavy (non-hydrogen) atoms. The molecule has 0 fully saturated rings. The van der Waals surface area contributed by atoms with Crippen LogP contribution in [0.2, 0.25) is 0 Å². The van der Waals surface area contributed by atoms with Crippen LogP contribution in [0.5, 0.6) is 0 Å². The molecule has 8 nitrogen and oxygen atoms in total. The highest BCUT2D eigenvalue weighted by Crippen LogP contribution is 2.43. The fourth-order valence-corrected chi connectivity index (χ4v) is 10.5. The topological polar surface area (TPSA) is 105 Å². The first-order valence-electron chi connectivity index (χ1n) is 34.1. The number of quaternary nitrogens is 1. The summed E-state index contributed by atoms with van der Waals surface area (Å²) in [4.78, 5) is 23.4. The molecule has 3 N–H and O–H groups in total. The smallest absolute Gasteiger partial charge is 0.387 e. The van der Waals surface area contributed by atoms with Crippen molar-refractivity contribution >= 4 is 13.7 Å². The number of allylic oxidation sites excluding steroid dienone is 15. The van der Waals surface area contributed by atoms with Crippen molar-refractivity contribution in [3.8, 4) is 0 Å². The van der Waals surface area contributed by atoms with Gasteiger partial charge >= 0.3 is 7.82 Å². The van der Waals surface area contributed by atoms with E-state index in [4.69, 9.17) is 9.05 Å². The number of rotatable bonds is 62.